The van der Waals surface area contributed by atoms with Crippen LogP contribution in [0.15, 0.2) is 6.20 Å². The molecule has 0 unspecified atom stereocenters. The quantitative estimate of drug-likeness (QED) is 0.529. The summed E-state index contributed by atoms with van der Waals surface area (Å²) < 4.78 is 6.68. The van der Waals surface area contributed by atoms with E-state index < -0.39 is 41.9 Å². The molecule has 0 saturated carbocycles. The molecular weight excluding hydrogens is 340 g/mol. The summed E-state index contributed by atoms with van der Waals surface area (Å²) in [6.07, 6.45) is 2.55. The van der Waals surface area contributed by atoms with Crippen molar-refractivity contribution in [1.82, 2.24) is 20.0 Å². The molecule has 2 aliphatic heterocycles. The third-order valence-electron chi connectivity index (χ3n) is 5.59. The first-order valence-electron chi connectivity index (χ1n) is 8.64. The van der Waals surface area contributed by atoms with Gasteiger partial charge in [-0.05, 0) is 13.3 Å². The Morgan fingerprint density at radius 2 is 2.12 bits per heavy atom. The molecule has 3 heterocycles. The van der Waals surface area contributed by atoms with E-state index in [0.29, 0.717) is 0 Å². The van der Waals surface area contributed by atoms with Crippen molar-refractivity contribution < 1.29 is 24.2 Å². The van der Waals surface area contributed by atoms with Crippen LogP contribution in [-0.2, 0) is 25.7 Å². The van der Waals surface area contributed by atoms with Crippen LogP contribution in [0, 0.1) is 18.8 Å². The van der Waals surface area contributed by atoms with E-state index in [1.165, 1.54) is 14.2 Å². The fourth-order valence-corrected chi connectivity index (χ4v) is 4.20. The predicted molar refractivity (Wildman–Crippen MR) is 89.7 cm³/mol. The van der Waals surface area contributed by atoms with Gasteiger partial charge in [0, 0.05) is 30.9 Å². The molecule has 0 aliphatic carbocycles. The summed E-state index contributed by atoms with van der Waals surface area (Å²) in [6.45, 7) is 4.00. The number of hydrogen-bond donors (Lipinski definition) is 2. The summed E-state index contributed by atoms with van der Waals surface area (Å²) in [7, 11) is 2.59. The van der Waals surface area contributed by atoms with E-state index >= 15 is 0 Å². The van der Waals surface area contributed by atoms with Gasteiger partial charge >= 0.3 is 5.97 Å². The van der Waals surface area contributed by atoms with E-state index in [9.17, 15) is 19.5 Å². The van der Waals surface area contributed by atoms with E-state index in [4.69, 9.17) is 4.74 Å². The normalized spacial score (nSPS) is 30.8. The Labute approximate surface area is 151 Å². The summed E-state index contributed by atoms with van der Waals surface area (Å²) in [5.74, 6) is -3.44. The highest BCUT2D eigenvalue weighted by molar-refractivity contribution is 6.09. The molecular formula is C17H24N4O5. The van der Waals surface area contributed by atoms with Crippen LogP contribution in [0.4, 0.5) is 0 Å². The van der Waals surface area contributed by atoms with Crippen LogP contribution in [0.25, 0.3) is 0 Å². The fraction of sp³-hybridized carbons (Fsp3) is 0.647. The molecule has 2 fully saturated rings. The van der Waals surface area contributed by atoms with Gasteiger partial charge in [0.15, 0.2) is 5.54 Å². The molecule has 0 radical (unpaired) electrons. The van der Waals surface area contributed by atoms with Crippen molar-refractivity contribution in [1.29, 1.82) is 0 Å². The third-order valence-corrected chi connectivity index (χ3v) is 5.59. The maximum atomic E-state index is 12.7. The predicted octanol–water partition coefficient (Wildman–Crippen LogP) is -0.619. The SMILES string of the molecule is CCCn1ncc([C@@H]2N[C@](CO)(C(=O)OC)[C@@H]3C(=O)N(C)C(=O)[C@@H]32)c1C. The van der Waals surface area contributed by atoms with Crippen molar-refractivity contribution in [2.24, 2.45) is 11.8 Å². The number of esters is 1. The lowest BCUT2D eigenvalue weighted by Gasteiger charge is -2.29. The van der Waals surface area contributed by atoms with Crippen LogP contribution < -0.4 is 5.32 Å². The Morgan fingerprint density at radius 1 is 1.42 bits per heavy atom. The first-order valence-corrected chi connectivity index (χ1v) is 8.64. The minimum Gasteiger partial charge on any atom is -0.468 e. The molecule has 2 saturated heterocycles. The zero-order valence-corrected chi connectivity index (χ0v) is 15.4. The van der Waals surface area contributed by atoms with Crippen molar-refractivity contribution in [3.05, 3.63) is 17.5 Å². The zero-order valence-electron chi connectivity index (χ0n) is 15.4. The lowest BCUT2D eigenvalue weighted by molar-refractivity contribution is -0.156. The van der Waals surface area contributed by atoms with Crippen molar-refractivity contribution in [3.8, 4) is 0 Å². The lowest BCUT2D eigenvalue weighted by atomic mass is 9.79. The number of ether oxygens (including phenoxy) is 1. The van der Waals surface area contributed by atoms with Gasteiger partial charge in [0.1, 0.15) is 0 Å². The number of likely N-dealkylation sites (tertiary alicyclic amines) is 1. The molecule has 9 heteroatoms. The number of nitrogens with zero attached hydrogens (tertiary/aromatic N) is 3. The molecule has 142 valence electrons. The molecule has 4 atom stereocenters. The number of rotatable bonds is 5. The molecule has 0 aromatic carbocycles. The molecule has 1 aromatic heterocycles. The largest absolute Gasteiger partial charge is 0.468 e. The third kappa shape index (κ3) is 2.30. The minimum absolute atomic E-state index is 0.376. The summed E-state index contributed by atoms with van der Waals surface area (Å²) in [5, 5.41) is 17.4. The highest BCUT2D eigenvalue weighted by atomic mass is 16.5. The Balaban J connectivity index is 2.11. The molecule has 26 heavy (non-hydrogen) atoms. The Morgan fingerprint density at radius 3 is 2.69 bits per heavy atom. The van der Waals surface area contributed by atoms with Crippen LogP contribution in [0.5, 0.6) is 0 Å². The second-order valence-corrected chi connectivity index (χ2v) is 6.89. The summed E-state index contributed by atoms with van der Waals surface area (Å²) in [6, 6.07) is -0.613. The van der Waals surface area contributed by atoms with Gasteiger partial charge in [-0.15, -0.1) is 0 Å². The van der Waals surface area contributed by atoms with E-state index in [-0.39, 0.29) is 5.91 Å². The number of fused-ring (bicyclic) bond motifs is 1. The van der Waals surface area contributed by atoms with Crippen LogP contribution >= 0.6 is 0 Å². The molecule has 2 aliphatic rings. The topological polar surface area (TPSA) is 114 Å². The molecule has 3 rings (SSSR count). The van der Waals surface area contributed by atoms with Gasteiger partial charge in [-0.3, -0.25) is 24.5 Å². The van der Waals surface area contributed by atoms with Crippen LogP contribution in [-0.4, -0.2) is 63.9 Å². The number of aliphatic hydroxyl groups excluding tert-OH is 1. The zero-order chi connectivity index (χ0) is 19.2. The number of aromatic nitrogens is 2. The maximum Gasteiger partial charge on any atom is 0.329 e. The first-order chi connectivity index (χ1) is 12.3. The van der Waals surface area contributed by atoms with E-state index in [1.807, 2.05) is 18.5 Å². The number of aryl methyl sites for hydroxylation is 1. The maximum absolute atomic E-state index is 12.7. The summed E-state index contributed by atoms with van der Waals surface area (Å²) in [4.78, 5) is 39.0. The average molecular weight is 364 g/mol. The second-order valence-electron chi connectivity index (χ2n) is 6.89. The van der Waals surface area contributed by atoms with E-state index in [2.05, 4.69) is 10.4 Å². The molecule has 0 spiro atoms. The van der Waals surface area contributed by atoms with E-state index in [0.717, 1.165) is 29.1 Å². The van der Waals surface area contributed by atoms with Gasteiger partial charge < -0.3 is 9.84 Å². The smallest absolute Gasteiger partial charge is 0.329 e. The number of methoxy groups -OCH3 is 1. The Bertz CT molecular complexity index is 760. The number of amides is 2. The summed E-state index contributed by atoms with van der Waals surface area (Å²) >= 11 is 0. The highest BCUT2D eigenvalue weighted by Gasteiger charge is 2.68. The Hall–Kier alpha value is -2.26. The number of nitrogens with one attached hydrogen (secondary N) is 1. The lowest BCUT2D eigenvalue weighted by Crippen LogP contribution is -2.58. The molecule has 2 N–H and O–H groups in total. The van der Waals surface area contributed by atoms with Crippen molar-refractivity contribution in [3.63, 3.8) is 0 Å². The molecule has 1 aromatic rings. The monoisotopic (exact) mass is 364 g/mol. The van der Waals surface area contributed by atoms with Crippen molar-refractivity contribution in [2.45, 2.75) is 38.4 Å². The highest BCUT2D eigenvalue weighted by Crippen LogP contribution is 2.49. The molecule has 2 amide bonds. The Kier molecular flexibility index (Phi) is 4.61. The number of aliphatic hydroxyl groups is 1. The van der Waals surface area contributed by atoms with Crippen LogP contribution in [0.1, 0.15) is 30.6 Å². The van der Waals surface area contributed by atoms with Gasteiger partial charge in [0.2, 0.25) is 11.8 Å². The minimum atomic E-state index is -1.65. The van der Waals surface area contributed by atoms with Gasteiger partial charge in [0.25, 0.3) is 0 Å². The fourth-order valence-electron chi connectivity index (χ4n) is 4.20. The number of imide groups is 1. The molecule has 0 bridgehead atoms. The van der Waals surface area contributed by atoms with E-state index in [1.54, 1.807) is 6.20 Å². The van der Waals surface area contributed by atoms with Crippen LogP contribution in [0.2, 0.25) is 0 Å². The summed E-state index contributed by atoms with van der Waals surface area (Å²) in [5.41, 5.74) is -0.0541. The van der Waals surface area contributed by atoms with Crippen LogP contribution in [0.3, 0.4) is 0 Å². The second kappa shape index (κ2) is 6.48. The van der Waals surface area contributed by atoms with Crippen molar-refractivity contribution in [2.75, 3.05) is 20.8 Å². The average Bonchev–Trinajstić information content (AvgIpc) is 3.24. The van der Waals surface area contributed by atoms with Gasteiger partial charge in [-0.25, -0.2) is 4.79 Å². The standard InChI is InChI=1S/C17H24N4O5/c1-5-6-21-9(2)10(7-18-21)13-11-12(15(24)20(3)14(11)23)17(8-22,19-13)16(25)26-4/h7,11-13,19,22H,5-6,8H2,1-4H3/t11-,12-,13-,17-/m0/s1. The van der Waals surface area contributed by atoms with Crippen molar-refractivity contribution >= 4 is 17.8 Å². The first kappa shape index (κ1) is 18.5. The van der Waals surface area contributed by atoms with Gasteiger partial charge in [-0.1, -0.05) is 6.92 Å². The number of carbonyl (C=O) groups is 3. The number of hydrogen-bond acceptors (Lipinski definition) is 7. The van der Waals surface area contributed by atoms with Gasteiger partial charge in [0.05, 0.1) is 31.7 Å². The number of carbonyl (C=O) groups excluding carboxylic acids is 3. The van der Waals surface area contributed by atoms with Gasteiger partial charge in [-0.2, -0.15) is 5.10 Å². The molecule has 9 nitrogen and oxygen atoms in total.